The number of nitrogens with zero attached hydrogens (tertiary/aromatic N) is 2. The Kier molecular flexibility index (Phi) is 4.76. The number of amides is 1. The molecule has 2 aromatic carbocycles. The number of hydrazone groups is 1. The molecule has 1 amide bonds. The highest BCUT2D eigenvalue weighted by Crippen LogP contribution is 2.37. The number of H-pyrrole nitrogens is 1. The lowest BCUT2D eigenvalue weighted by Gasteiger charge is -2.19. The maximum Gasteiger partial charge on any atom is 0.289 e. The molecule has 1 aromatic heterocycles. The van der Waals surface area contributed by atoms with Crippen molar-refractivity contribution in [2.45, 2.75) is 0 Å². The van der Waals surface area contributed by atoms with Crippen LogP contribution in [0.4, 0.5) is 0 Å². The Labute approximate surface area is 160 Å². The second-order valence-electron chi connectivity index (χ2n) is 5.76. The summed E-state index contributed by atoms with van der Waals surface area (Å²) in [6, 6.07) is 14.7. The van der Waals surface area contributed by atoms with E-state index in [9.17, 15) is 4.79 Å². The molecule has 0 atom stereocenters. The molecule has 0 unspecified atom stereocenters. The molecule has 8 heteroatoms. The molecule has 1 aliphatic rings. The van der Waals surface area contributed by atoms with Crippen LogP contribution in [0.3, 0.4) is 0 Å². The van der Waals surface area contributed by atoms with Crippen molar-refractivity contribution in [1.29, 1.82) is 0 Å². The lowest BCUT2D eigenvalue weighted by molar-refractivity contribution is 0.0950. The van der Waals surface area contributed by atoms with Gasteiger partial charge in [-0.25, -0.2) is 5.43 Å². The molecule has 27 heavy (non-hydrogen) atoms. The number of aromatic amines is 1. The molecule has 0 saturated carbocycles. The van der Waals surface area contributed by atoms with Crippen LogP contribution in [0.2, 0.25) is 5.02 Å². The van der Waals surface area contributed by atoms with E-state index in [4.69, 9.17) is 21.1 Å². The van der Waals surface area contributed by atoms with E-state index >= 15 is 0 Å². The molecule has 1 aliphatic heterocycles. The van der Waals surface area contributed by atoms with Gasteiger partial charge in [0.25, 0.3) is 5.91 Å². The molecule has 0 radical (unpaired) electrons. The number of ether oxygens (including phenoxy) is 2. The van der Waals surface area contributed by atoms with Crippen LogP contribution >= 0.6 is 11.6 Å². The van der Waals surface area contributed by atoms with E-state index in [0.29, 0.717) is 46.7 Å². The fourth-order valence-electron chi connectivity index (χ4n) is 2.63. The van der Waals surface area contributed by atoms with E-state index in [0.717, 1.165) is 5.56 Å². The van der Waals surface area contributed by atoms with E-state index in [2.05, 4.69) is 20.7 Å². The van der Waals surface area contributed by atoms with Crippen LogP contribution in [0.5, 0.6) is 11.5 Å². The van der Waals surface area contributed by atoms with Gasteiger partial charge < -0.3 is 9.47 Å². The summed E-state index contributed by atoms with van der Waals surface area (Å²) in [5.74, 6) is 0.683. The predicted molar refractivity (Wildman–Crippen MR) is 102 cm³/mol. The Morgan fingerprint density at radius 2 is 2.00 bits per heavy atom. The number of aromatic nitrogens is 2. The normalized spacial score (nSPS) is 12.9. The fraction of sp³-hybridized carbons (Fsp3) is 0.105. The third kappa shape index (κ3) is 3.78. The quantitative estimate of drug-likeness (QED) is 0.535. The van der Waals surface area contributed by atoms with Crippen LogP contribution in [-0.4, -0.2) is 35.5 Å². The van der Waals surface area contributed by atoms with Gasteiger partial charge in [0.05, 0.1) is 16.9 Å². The van der Waals surface area contributed by atoms with Crippen LogP contribution in [0.1, 0.15) is 16.1 Å². The van der Waals surface area contributed by atoms with Crippen LogP contribution in [0.15, 0.2) is 53.6 Å². The van der Waals surface area contributed by atoms with E-state index in [-0.39, 0.29) is 0 Å². The van der Waals surface area contributed by atoms with Crippen molar-refractivity contribution in [3.05, 3.63) is 64.8 Å². The van der Waals surface area contributed by atoms with E-state index in [1.807, 2.05) is 30.3 Å². The molecule has 0 saturated heterocycles. The highest BCUT2D eigenvalue weighted by molar-refractivity contribution is 6.32. The average Bonchev–Trinajstić information content (AvgIpc) is 3.19. The standard InChI is InChI=1S/C19H15ClN4O3/c20-14-8-12(9-17-18(14)27-7-6-26-17)11-21-24-19(25)16-10-15(22-23-16)13-4-2-1-3-5-13/h1-5,8-11H,6-7H2,(H,22,23)(H,24,25)/b21-11-. The van der Waals surface area contributed by atoms with Gasteiger partial charge in [0.1, 0.15) is 18.9 Å². The van der Waals surface area contributed by atoms with Crippen molar-refractivity contribution in [3.63, 3.8) is 0 Å². The Hall–Kier alpha value is -3.32. The maximum absolute atomic E-state index is 12.2. The van der Waals surface area contributed by atoms with Crippen LogP contribution < -0.4 is 14.9 Å². The molecule has 0 spiro atoms. The van der Waals surface area contributed by atoms with Crippen molar-refractivity contribution < 1.29 is 14.3 Å². The van der Waals surface area contributed by atoms with E-state index < -0.39 is 5.91 Å². The maximum atomic E-state index is 12.2. The monoisotopic (exact) mass is 382 g/mol. The van der Waals surface area contributed by atoms with Crippen LogP contribution in [-0.2, 0) is 0 Å². The van der Waals surface area contributed by atoms with Gasteiger partial charge in [-0.15, -0.1) is 0 Å². The number of benzene rings is 2. The minimum Gasteiger partial charge on any atom is -0.486 e. The van der Waals surface area contributed by atoms with Crippen molar-refractivity contribution in [3.8, 4) is 22.8 Å². The third-order valence-corrected chi connectivity index (χ3v) is 4.17. The Morgan fingerprint density at radius 3 is 2.85 bits per heavy atom. The number of carbonyl (C=O) groups excluding carboxylic acids is 1. The SMILES string of the molecule is O=C(N/N=C\c1cc(Cl)c2c(c1)OCCO2)c1cc(-c2ccccc2)n[nH]1. The molecule has 4 rings (SSSR count). The van der Waals surface area contributed by atoms with Gasteiger partial charge in [-0.3, -0.25) is 9.89 Å². The summed E-state index contributed by atoms with van der Waals surface area (Å²) < 4.78 is 11.0. The molecular weight excluding hydrogens is 368 g/mol. The molecule has 3 aromatic rings. The number of fused-ring (bicyclic) bond motifs is 1. The second-order valence-corrected chi connectivity index (χ2v) is 6.17. The van der Waals surface area contributed by atoms with Crippen molar-refractivity contribution in [2.24, 2.45) is 5.10 Å². The first-order chi connectivity index (χ1) is 13.2. The van der Waals surface area contributed by atoms with Crippen LogP contribution in [0, 0.1) is 0 Å². The number of halogens is 1. The summed E-state index contributed by atoms with van der Waals surface area (Å²) in [5, 5.41) is 11.3. The average molecular weight is 383 g/mol. The topological polar surface area (TPSA) is 88.6 Å². The molecule has 7 nitrogen and oxygen atoms in total. The summed E-state index contributed by atoms with van der Waals surface area (Å²) in [4.78, 5) is 12.2. The second kappa shape index (κ2) is 7.51. The smallest absolute Gasteiger partial charge is 0.289 e. The van der Waals surface area contributed by atoms with Crippen LogP contribution in [0.25, 0.3) is 11.3 Å². The molecule has 2 heterocycles. The number of hydrogen-bond acceptors (Lipinski definition) is 5. The summed E-state index contributed by atoms with van der Waals surface area (Å²) >= 11 is 6.18. The molecule has 136 valence electrons. The molecule has 0 aliphatic carbocycles. The zero-order chi connectivity index (χ0) is 18.6. The first-order valence-electron chi connectivity index (χ1n) is 8.24. The summed E-state index contributed by atoms with van der Waals surface area (Å²) in [6.07, 6.45) is 1.48. The number of nitrogens with one attached hydrogen (secondary N) is 2. The van der Waals surface area contributed by atoms with Gasteiger partial charge in [-0.2, -0.15) is 10.2 Å². The molecular formula is C19H15ClN4O3. The van der Waals surface area contributed by atoms with Gasteiger partial charge in [0.2, 0.25) is 0 Å². The first-order valence-corrected chi connectivity index (χ1v) is 8.62. The highest BCUT2D eigenvalue weighted by atomic mass is 35.5. The van der Waals surface area contributed by atoms with Crippen molar-refractivity contribution in [1.82, 2.24) is 15.6 Å². The Balaban J connectivity index is 1.44. The van der Waals surface area contributed by atoms with E-state index in [1.54, 1.807) is 18.2 Å². The van der Waals surface area contributed by atoms with Crippen molar-refractivity contribution >= 4 is 23.7 Å². The number of rotatable bonds is 4. The van der Waals surface area contributed by atoms with E-state index in [1.165, 1.54) is 6.21 Å². The third-order valence-electron chi connectivity index (χ3n) is 3.89. The van der Waals surface area contributed by atoms with Gasteiger partial charge >= 0.3 is 0 Å². The Morgan fingerprint density at radius 1 is 1.19 bits per heavy atom. The van der Waals surface area contributed by atoms with Gasteiger partial charge in [-0.05, 0) is 23.8 Å². The number of carbonyl (C=O) groups is 1. The first kappa shape index (κ1) is 17.1. The number of hydrogen-bond donors (Lipinski definition) is 2. The summed E-state index contributed by atoms with van der Waals surface area (Å²) in [7, 11) is 0. The summed E-state index contributed by atoms with van der Waals surface area (Å²) in [5.41, 5.74) is 5.05. The lowest BCUT2D eigenvalue weighted by Crippen LogP contribution is -2.18. The van der Waals surface area contributed by atoms with Crippen molar-refractivity contribution in [2.75, 3.05) is 13.2 Å². The van der Waals surface area contributed by atoms with Gasteiger partial charge in [0, 0.05) is 5.56 Å². The molecule has 0 fully saturated rings. The van der Waals surface area contributed by atoms with Gasteiger partial charge in [0.15, 0.2) is 11.5 Å². The minimum atomic E-state index is -0.399. The zero-order valence-electron chi connectivity index (χ0n) is 14.1. The lowest BCUT2D eigenvalue weighted by atomic mass is 10.1. The highest BCUT2D eigenvalue weighted by Gasteiger charge is 2.16. The Bertz CT molecular complexity index is 1000. The molecule has 2 N–H and O–H groups in total. The summed E-state index contributed by atoms with van der Waals surface area (Å²) in [6.45, 7) is 0.926. The van der Waals surface area contributed by atoms with Gasteiger partial charge in [-0.1, -0.05) is 41.9 Å². The minimum absolute atomic E-state index is 0.311. The molecule has 0 bridgehead atoms. The fourth-order valence-corrected chi connectivity index (χ4v) is 2.90. The largest absolute Gasteiger partial charge is 0.486 e. The zero-order valence-corrected chi connectivity index (χ0v) is 14.9. The predicted octanol–water partition coefficient (Wildman–Crippen LogP) is 3.27.